The second-order valence-electron chi connectivity index (χ2n) is 10.7. The van der Waals surface area contributed by atoms with Crippen LogP contribution in [0.2, 0.25) is 5.02 Å². The third kappa shape index (κ3) is 11.1. The van der Waals surface area contributed by atoms with E-state index in [9.17, 15) is 14.4 Å². The van der Waals surface area contributed by atoms with Gasteiger partial charge in [0.25, 0.3) is 5.91 Å². The molecule has 0 aliphatic carbocycles. The number of imidazole rings is 1. The van der Waals surface area contributed by atoms with Crippen LogP contribution in [0.4, 0.5) is 10.5 Å². The van der Waals surface area contributed by atoms with Crippen LogP contribution in [0.15, 0.2) is 42.6 Å². The summed E-state index contributed by atoms with van der Waals surface area (Å²) in [5.74, 6) is 0.257. The third-order valence-electron chi connectivity index (χ3n) is 6.11. The normalized spacial score (nSPS) is 13.3. The first-order chi connectivity index (χ1) is 20.0. The fraction of sp³-hybridized carbons (Fsp3) is 0.517. The van der Waals surface area contributed by atoms with E-state index in [1.54, 1.807) is 35.2 Å². The molecule has 42 heavy (non-hydrogen) atoms. The minimum Gasteiger partial charge on any atom is -0.444 e. The van der Waals surface area contributed by atoms with Crippen LogP contribution in [0, 0.1) is 0 Å². The van der Waals surface area contributed by atoms with Crippen molar-refractivity contribution in [2.45, 2.75) is 39.5 Å². The van der Waals surface area contributed by atoms with E-state index in [0.717, 1.165) is 0 Å². The highest BCUT2D eigenvalue weighted by molar-refractivity contribution is 6.33. The zero-order chi connectivity index (χ0) is 30.5. The Balaban J connectivity index is 1.28. The number of ether oxygens (including phenoxy) is 3. The quantitative estimate of drug-likeness (QED) is 0.249. The molecule has 0 saturated carbocycles. The summed E-state index contributed by atoms with van der Waals surface area (Å²) in [5.41, 5.74) is 0.435. The average Bonchev–Trinajstić information content (AvgIpc) is 3.36. The third-order valence-corrected chi connectivity index (χ3v) is 6.44. The zero-order valence-corrected chi connectivity index (χ0v) is 25.5. The molecule has 2 N–H and O–H groups in total. The molecule has 0 fully saturated rings. The van der Waals surface area contributed by atoms with E-state index < -0.39 is 11.7 Å². The number of hydrogen-bond acceptors (Lipinski definition) is 8. The molecule has 13 heteroatoms. The highest BCUT2D eigenvalue weighted by Crippen LogP contribution is 2.22. The van der Waals surface area contributed by atoms with Gasteiger partial charge in [0, 0.05) is 38.8 Å². The Morgan fingerprint density at radius 2 is 1.83 bits per heavy atom. The molecule has 3 amide bonds. The Kier molecular flexibility index (Phi) is 12.8. The number of amides is 3. The molecule has 230 valence electrons. The van der Waals surface area contributed by atoms with E-state index >= 15 is 0 Å². The number of halogens is 1. The fourth-order valence-electron chi connectivity index (χ4n) is 3.99. The van der Waals surface area contributed by atoms with Gasteiger partial charge in [0.2, 0.25) is 5.91 Å². The molecule has 0 atom stereocenters. The van der Waals surface area contributed by atoms with Crippen LogP contribution in [-0.4, -0.2) is 103 Å². The maximum Gasteiger partial charge on any atom is 0.407 e. The van der Waals surface area contributed by atoms with E-state index in [1.807, 2.05) is 43.4 Å². The lowest BCUT2D eigenvalue weighted by Gasteiger charge is -2.27. The van der Waals surface area contributed by atoms with Crippen molar-refractivity contribution in [3.8, 4) is 0 Å². The molecule has 1 aliphatic heterocycles. The first-order valence-corrected chi connectivity index (χ1v) is 14.3. The lowest BCUT2D eigenvalue weighted by atomic mass is 10.2. The highest BCUT2D eigenvalue weighted by Gasteiger charge is 2.25. The molecular formula is C29H41ClN6O6. The number of alkyl carbamates (subject to hydrolysis) is 1. The number of anilines is 1. The molecule has 0 radical (unpaired) electrons. The van der Waals surface area contributed by atoms with Crippen LogP contribution in [0.25, 0.3) is 0 Å². The molecule has 0 bridgehead atoms. The smallest absolute Gasteiger partial charge is 0.407 e. The van der Waals surface area contributed by atoms with Crippen LogP contribution >= 0.6 is 11.6 Å². The summed E-state index contributed by atoms with van der Waals surface area (Å²) >= 11 is 6.15. The Hall–Kier alpha value is -3.45. The van der Waals surface area contributed by atoms with E-state index in [0.29, 0.717) is 87.9 Å². The molecule has 1 aliphatic rings. The standard InChI is InChI=1S/C29H41ClN6O6/c1-29(2,3)42-28(39)31-11-16-40-18-19-41-17-15-34(4)12-7-10-26(37)35-13-14-36-24(20-32-25(36)21-35)27(38)33-23-9-6-5-8-22(23)30/h5-10,20H,11-19,21H2,1-4H3,(H,31,39)(H,33,38)/b10-7+. The summed E-state index contributed by atoms with van der Waals surface area (Å²) in [6.07, 6.45) is 4.46. The summed E-state index contributed by atoms with van der Waals surface area (Å²) in [4.78, 5) is 45.2. The first kappa shape index (κ1) is 33.1. The topological polar surface area (TPSA) is 127 Å². The summed E-state index contributed by atoms with van der Waals surface area (Å²) in [7, 11) is 1.95. The summed E-state index contributed by atoms with van der Waals surface area (Å²) in [5, 5.41) is 5.91. The van der Waals surface area contributed by atoms with Crippen LogP contribution in [0.5, 0.6) is 0 Å². The van der Waals surface area contributed by atoms with Crippen molar-refractivity contribution < 1.29 is 28.6 Å². The molecule has 3 rings (SSSR count). The van der Waals surface area contributed by atoms with Gasteiger partial charge in [-0.15, -0.1) is 0 Å². The van der Waals surface area contributed by atoms with Gasteiger partial charge in [-0.3, -0.25) is 9.59 Å². The van der Waals surface area contributed by atoms with Gasteiger partial charge in [-0.1, -0.05) is 29.8 Å². The minimum absolute atomic E-state index is 0.103. The summed E-state index contributed by atoms with van der Waals surface area (Å²) in [6.45, 7) is 10.1. The summed E-state index contributed by atoms with van der Waals surface area (Å²) in [6, 6.07) is 7.04. The van der Waals surface area contributed by atoms with Crippen molar-refractivity contribution in [1.82, 2.24) is 24.7 Å². The predicted molar refractivity (Wildman–Crippen MR) is 160 cm³/mol. The summed E-state index contributed by atoms with van der Waals surface area (Å²) < 4.78 is 18.0. The molecular weight excluding hydrogens is 564 g/mol. The van der Waals surface area contributed by atoms with Gasteiger partial charge in [-0.2, -0.15) is 0 Å². The van der Waals surface area contributed by atoms with Crippen molar-refractivity contribution in [2.75, 3.05) is 65.0 Å². The van der Waals surface area contributed by atoms with Gasteiger partial charge in [-0.25, -0.2) is 9.78 Å². The maximum absolute atomic E-state index is 12.8. The average molecular weight is 605 g/mol. The number of rotatable bonds is 14. The van der Waals surface area contributed by atoms with Gasteiger partial charge < -0.3 is 39.2 Å². The number of nitrogens with one attached hydrogen (secondary N) is 2. The second-order valence-corrected chi connectivity index (χ2v) is 11.1. The minimum atomic E-state index is -0.526. The molecule has 1 aromatic heterocycles. The number of nitrogens with zero attached hydrogens (tertiary/aromatic N) is 4. The number of hydrogen-bond donors (Lipinski definition) is 2. The second kappa shape index (κ2) is 16.3. The highest BCUT2D eigenvalue weighted by atomic mass is 35.5. The maximum atomic E-state index is 12.8. The van der Waals surface area contributed by atoms with Gasteiger partial charge in [0.05, 0.1) is 49.9 Å². The largest absolute Gasteiger partial charge is 0.444 e. The molecule has 1 aromatic carbocycles. The van der Waals surface area contributed by atoms with Gasteiger partial charge in [-0.05, 0) is 40.0 Å². The van der Waals surface area contributed by atoms with Gasteiger partial charge in [0.1, 0.15) is 17.1 Å². The lowest BCUT2D eigenvalue weighted by molar-refractivity contribution is -0.127. The molecule has 0 saturated heterocycles. The molecule has 12 nitrogen and oxygen atoms in total. The van der Waals surface area contributed by atoms with E-state index in [1.165, 1.54) is 6.20 Å². The van der Waals surface area contributed by atoms with Crippen molar-refractivity contribution in [3.63, 3.8) is 0 Å². The van der Waals surface area contributed by atoms with Crippen molar-refractivity contribution >= 4 is 35.2 Å². The molecule has 2 aromatic rings. The Morgan fingerprint density at radius 1 is 1.10 bits per heavy atom. The number of benzene rings is 1. The number of carbonyl (C=O) groups excluding carboxylic acids is 3. The first-order valence-electron chi connectivity index (χ1n) is 13.9. The zero-order valence-electron chi connectivity index (χ0n) is 24.7. The molecule has 0 unspecified atom stereocenters. The Labute approximate surface area is 251 Å². The fourth-order valence-corrected chi connectivity index (χ4v) is 4.17. The number of likely N-dealkylation sites (N-methyl/N-ethyl adjacent to an activating group) is 1. The van der Waals surface area contributed by atoms with E-state index in [2.05, 4.69) is 15.6 Å². The Bertz CT molecular complexity index is 1230. The van der Waals surface area contributed by atoms with Gasteiger partial charge in [0.15, 0.2) is 0 Å². The van der Waals surface area contributed by atoms with E-state index in [-0.39, 0.29) is 11.8 Å². The molecule has 0 spiro atoms. The van der Waals surface area contributed by atoms with Crippen LogP contribution in [0.1, 0.15) is 37.1 Å². The van der Waals surface area contributed by atoms with Crippen LogP contribution < -0.4 is 10.6 Å². The molecule has 2 heterocycles. The lowest BCUT2D eigenvalue weighted by Crippen LogP contribution is -2.38. The number of fused-ring (bicyclic) bond motifs is 1. The number of carbonyl (C=O) groups is 3. The van der Waals surface area contributed by atoms with Crippen molar-refractivity contribution in [3.05, 3.63) is 59.2 Å². The van der Waals surface area contributed by atoms with Crippen molar-refractivity contribution in [1.29, 1.82) is 0 Å². The number of para-hydroxylation sites is 1. The van der Waals surface area contributed by atoms with Crippen molar-refractivity contribution in [2.24, 2.45) is 0 Å². The van der Waals surface area contributed by atoms with E-state index in [4.69, 9.17) is 25.8 Å². The predicted octanol–water partition coefficient (Wildman–Crippen LogP) is 3.18. The van der Waals surface area contributed by atoms with Crippen LogP contribution in [-0.2, 0) is 32.1 Å². The monoisotopic (exact) mass is 604 g/mol. The van der Waals surface area contributed by atoms with Crippen LogP contribution in [0.3, 0.4) is 0 Å². The SMILES string of the molecule is CN(C/C=C/C(=O)N1CCn2c(C(=O)Nc3ccccc3Cl)cnc2C1)CCOCCOCCNC(=O)OC(C)(C)C. The van der Waals surface area contributed by atoms with Gasteiger partial charge >= 0.3 is 6.09 Å². The number of aromatic nitrogens is 2. The Morgan fingerprint density at radius 3 is 2.57 bits per heavy atom.